The Bertz CT molecular complexity index is 450. The third kappa shape index (κ3) is 2.94. The van der Waals surface area contributed by atoms with Crippen LogP contribution in [0.2, 0.25) is 0 Å². The molecule has 1 atom stereocenters. The van der Waals surface area contributed by atoms with E-state index in [0.717, 1.165) is 0 Å². The lowest BCUT2D eigenvalue weighted by atomic mass is 10.0. The first-order valence-corrected chi connectivity index (χ1v) is 4.64. The van der Waals surface area contributed by atoms with E-state index in [-0.39, 0.29) is 12.8 Å². The van der Waals surface area contributed by atoms with Crippen molar-refractivity contribution < 1.29 is 27.5 Å². The van der Waals surface area contributed by atoms with Crippen LogP contribution in [-0.4, -0.2) is 11.1 Å². The summed E-state index contributed by atoms with van der Waals surface area (Å²) in [7, 11) is 0. The molecule has 94 valence electrons. The summed E-state index contributed by atoms with van der Waals surface area (Å²) in [5.41, 5.74) is 4.79. The topological polar surface area (TPSA) is 63.3 Å². The number of aliphatic carboxylic acids is 1. The quantitative estimate of drug-likeness (QED) is 0.489. The van der Waals surface area contributed by atoms with E-state index in [2.05, 4.69) is 0 Å². The van der Waals surface area contributed by atoms with Crippen LogP contribution in [0.15, 0.2) is 6.07 Å². The summed E-state index contributed by atoms with van der Waals surface area (Å²) in [6.07, 6.45) is -0.599. The van der Waals surface area contributed by atoms with E-state index in [1.165, 1.54) is 0 Å². The number of benzene rings is 1. The van der Waals surface area contributed by atoms with Gasteiger partial charge in [-0.25, -0.2) is 17.6 Å². The van der Waals surface area contributed by atoms with Crippen LogP contribution in [0.5, 0.6) is 0 Å². The molecule has 0 fully saturated rings. The maximum Gasteiger partial charge on any atom is 0.303 e. The normalized spacial score (nSPS) is 12.5. The van der Waals surface area contributed by atoms with Gasteiger partial charge in [0.15, 0.2) is 23.3 Å². The lowest BCUT2D eigenvalue weighted by Gasteiger charge is -2.12. The molecule has 0 heterocycles. The Morgan fingerprint density at radius 2 is 1.82 bits per heavy atom. The van der Waals surface area contributed by atoms with Gasteiger partial charge in [0, 0.05) is 18.0 Å². The first-order chi connectivity index (χ1) is 7.84. The summed E-state index contributed by atoms with van der Waals surface area (Å²) in [6, 6.07) is -0.781. The van der Waals surface area contributed by atoms with Gasteiger partial charge in [0.1, 0.15) is 0 Å². The SMILES string of the molecule is NC(CCC(=O)O)c1cc(F)c(F)c(F)c1F. The van der Waals surface area contributed by atoms with Crippen LogP contribution in [0.3, 0.4) is 0 Å². The summed E-state index contributed by atoms with van der Waals surface area (Å²) < 4.78 is 51.5. The van der Waals surface area contributed by atoms with Gasteiger partial charge in [-0.05, 0) is 12.5 Å². The standard InChI is InChI=1S/C10H9F4NO2/c11-5-3-4(6(15)1-2-7(16)17)8(12)10(14)9(5)13/h3,6H,1-2,15H2,(H,16,17). The predicted molar refractivity (Wildman–Crippen MR) is 50.1 cm³/mol. The maximum atomic E-state index is 13.2. The molecule has 7 heteroatoms. The van der Waals surface area contributed by atoms with Gasteiger partial charge < -0.3 is 10.8 Å². The Hall–Kier alpha value is -1.63. The van der Waals surface area contributed by atoms with Gasteiger partial charge in [-0.1, -0.05) is 0 Å². The van der Waals surface area contributed by atoms with Gasteiger partial charge in [0.2, 0.25) is 0 Å². The molecule has 0 saturated heterocycles. The molecular formula is C10H9F4NO2. The van der Waals surface area contributed by atoms with Gasteiger partial charge in [-0.2, -0.15) is 0 Å². The van der Waals surface area contributed by atoms with E-state index >= 15 is 0 Å². The monoisotopic (exact) mass is 251 g/mol. The van der Waals surface area contributed by atoms with Gasteiger partial charge in [-0.15, -0.1) is 0 Å². The summed E-state index contributed by atoms with van der Waals surface area (Å²) in [5, 5.41) is 8.37. The first kappa shape index (κ1) is 13.4. The molecule has 1 unspecified atom stereocenters. The van der Waals surface area contributed by atoms with Crippen molar-refractivity contribution in [1.82, 2.24) is 0 Å². The van der Waals surface area contributed by atoms with Crippen molar-refractivity contribution in [1.29, 1.82) is 0 Å². The number of hydrogen-bond donors (Lipinski definition) is 2. The van der Waals surface area contributed by atoms with Gasteiger partial charge in [-0.3, -0.25) is 4.79 Å². The molecule has 0 amide bonds. The molecule has 1 aromatic rings. The van der Waals surface area contributed by atoms with Crippen LogP contribution in [-0.2, 0) is 4.79 Å². The Labute approximate surface area is 93.8 Å². The van der Waals surface area contributed by atoms with E-state index in [1.54, 1.807) is 0 Å². The van der Waals surface area contributed by atoms with Crippen LogP contribution < -0.4 is 5.73 Å². The second-order valence-corrected chi connectivity index (χ2v) is 3.43. The molecular weight excluding hydrogens is 242 g/mol. The molecule has 17 heavy (non-hydrogen) atoms. The van der Waals surface area contributed by atoms with Crippen LogP contribution in [0.1, 0.15) is 24.4 Å². The molecule has 0 aliphatic carbocycles. The molecule has 3 N–H and O–H groups in total. The largest absolute Gasteiger partial charge is 0.481 e. The Morgan fingerprint density at radius 1 is 1.24 bits per heavy atom. The summed E-state index contributed by atoms with van der Waals surface area (Å²) in [4.78, 5) is 10.3. The van der Waals surface area contributed by atoms with Crippen LogP contribution >= 0.6 is 0 Å². The highest BCUT2D eigenvalue weighted by Gasteiger charge is 2.22. The maximum absolute atomic E-state index is 13.2. The number of carboxylic acids is 1. The fourth-order valence-corrected chi connectivity index (χ4v) is 1.30. The summed E-state index contributed by atoms with van der Waals surface area (Å²) >= 11 is 0. The second-order valence-electron chi connectivity index (χ2n) is 3.43. The fraction of sp³-hybridized carbons (Fsp3) is 0.300. The van der Waals surface area contributed by atoms with E-state index in [9.17, 15) is 22.4 Å². The average Bonchev–Trinajstić information content (AvgIpc) is 2.28. The zero-order valence-corrected chi connectivity index (χ0v) is 8.51. The smallest absolute Gasteiger partial charge is 0.303 e. The van der Waals surface area contributed by atoms with Crippen molar-refractivity contribution in [3.8, 4) is 0 Å². The number of carbonyl (C=O) groups is 1. The fourth-order valence-electron chi connectivity index (χ4n) is 1.30. The molecule has 0 spiro atoms. The molecule has 0 saturated carbocycles. The number of rotatable bonds is 4. The highest BCUT2D eigenvalue weighted by atomic mass is 19.2. The second kappa shape index (κ2) is 5.13. The van der Waals surface area contributed by atoms with Crippen LogP contribution in [0.25, 0.3) is 0 Å². The molecule has 0 aliphatic rings. The van der Waals surface area contributed by atoms with Gasteiger partial charge >= 0.3 is 5.97 Å². The summed E-state index contributed by atoms with van der Waals surface area (Å²) in [5.74, 6) is -8.21. The van der Waals surface area contributed by atoms with E-state index in [4.69, 9.17) is 10.8 Å². The number of carboxylic acid groups (broad SMARTS) is 1. The molecule has 3 nitrogen and oxygen atoms in total. The van der Waals surface area contributed by atoms with Crippen molar-refractivity contribution in [2.45, 2.75) is 18.9 Å². The van der Waals surface area contributed by atoms with Crippen molar-refractivity contribution in [2.75, 3.05) is 0 Å². The molecule has 0 aliphatic heterocycles. The van der Waals surface area contributed by atoms with Crippen molar-refractivity contribution in [3.05, 3.63) is 34.9 Å². The van der Waals surface area contributed by atoms with Crippen molar-refractivity contribution in [2.24, 2.45) is 5.73 Å². The Kier molecular flexibility index (Phi) is 4.06. The van der Waals surface area contributed by atoms with E-state index < -0.39 is 40.8 Å². The predicted octanol–water partition coefficient (Wildman–Crippen LogP) is 2.11. The third-order valence-electron chi connectivity index (χ3n) is 2.20. The minimum absolute atomic E-state index is 0.212. The van der Waals surface area contributed by atoms with E-state index in [0.29, 0.717) is 6.07 Å². The van der Waals surface area contributed by atoms with Gasteiger partial charge in [0.25, 0.3) is 0 Å². The Balaban J connectivity index is 3.02. The molecule has 1 aromatic carbocycles. The number of hydrogen-bond acceptors (Lipinski definition) is 2. The highest BCUT2D eigenvalue weighted by Crippen LogP contribution is 2.24. The molecule has 0 aromatic heterocycles. The molecule has 0 bridgehead atoms. The minimum Gasteiger partial charge on any atom is -0.481 e. The Morgan fingerprint density at radius 3 is 2.35 bits per heavy atom. The lowest BCUT2D eigenvalue weighted by Crippen LogP contribution is -2.16. The van der Waals surface area contributed by atoms with Gasteiger partial charge in [0.05, 0.1) is 0 Å². The zero-order chi connectivity index (χ0) is 13.2. The molecule has 1 rings (SSSR count). The number of halogens is 4. The average molecular weight is 251 g/mol. The lowest BCUT2D eigenvalue weighted by molar-refractivity contribution is -0.137. The number of nitrogens with two attached hydrogens (primary N) is 1. The van der Waals surface area contributed by atoms with Crippen molar-refractivity contribution in [3.63, 3.8) is 0 Å². The van der Waals surface area contributed by atoms with Crippen LogP contribution in [0, 0.1) is 23.3 Å². The minimum atomic E-state index is -1.95. The summed E-state index contributed by atoms with van der Waals surface area (Å²) in [6.45, 7) is 0. The first-order valence-electron chi connectivity index (χ1n) is 4.64. The van der Waals surface area contributed by atoms with Crippen molar-refractivity contribution >= 4 is 5.97 Å². The third-order valence-corrected chi connectivity index (χ3v) is 2.20. The van der Waals surface area contributed by atoms with Crippen LogP contribution in [0.4, 0.5) is 17.6 Å². The van der Waals surface area contributed by atoms with E-state index in [1.807, 2.05) is 0 Å². The molecule has 0 radical (unpaired) electrons. The highest BCUT2D eigenvalue weighted by molar-refractivity contribution is 5.66. The zero-order valence-electron chi connectivity index (χ0n) is 8.51.